The zero-order valence-electron chi connectivity index (χ0n) is 36.5. The number of likely N-dealkylation sites (tertiary alicyclic amines) is 1. The van der Waals surface area contributed by atoms with Crippen molar-refractivity contribution in [1.82, 2.24) is 31.5 Å². The predicted molar refractivity (Wildman–Crippen MR) is 229 cm³/mol. The summed E-state index contributed by atoms with van der Waals surface area (Å²) in [6.45, 7) is 13.2. The lowest BCUT2D eigenvalue weighted by molar-refractivity contribution is -0.199. The number of aliphatic hydroxyl groups is 1. The van der Waals surface area contributed by atoms with Gasteiger partial charge in [0.2, 0.25) is 23.6 Å². The third-order valence-corrected chi connectivity index (χ3v) is 13.8. The van der Waals surface area contributed by atoms with Crippen molar-refractivity contribution in [3.63, 3.8) is 0 Å². The number of aliphatic hydroxyl groups excluding tert-OH is 1. The van der Waals surface area contributed by atoms with E-state index in [9.17, 15) is 29.1 Å². The van der Waals surface area contributed by atoms with Crippen LogP contribution in [0.1, 0.15) is 117 Å². The van der Waals surface area contributed by atoms with Gasteiger partial charge in [-0.15, -0.1) is 0 Å². The van der Waals surface area contributed by atoms with Crippen molar-refractivity contribution in [2.75, 3.05) is 26.2 Å². The number of rotatable bonds is 20. The summed E-state index contributed by atoms with van der Waals surface area (Å²) in [4.78, 5) is 69.6. The molecule has 0 unspecified atom stereocenters. The Bertz CT molecular complexity index is 1630. The molecule has 2 heterocycles. The first-order valence-electron chi connectivity index (χ1n) is 22.2. The fraction of sp³-hybridized carbons (Fsp3) is 0.744. The average molecular weight is 839 g/mol. The third kappa shape index (κ3) is 11.2. The van der Waals surface area contributed by atoms with Crippen LogP contribution in [0, 0.1) is 17.3 Å². The van der Waals surface area contributed by atoms with Crippen LogP contribution in [0.4, 0.5) is 4.79 Å². The second-order valence-corrected chi connectivity index (χ2v) is 18.4. The van der Waals surface area contributed by atoms with Crippen LogP contribution in [0.2, 0.25) is 0 Å². The first-order valence-corrected chi connectivity index (χ1v) is 22.2. The van der Waals surface area contributed by atoms with Gasteiger partial charge in [-0.1, -0.05) is 44.2 Å². The molecule has 17 heteroatoms. The molecule has 0 radical (unpaired) electrons. The van der Waals surface area contributed by atoms with Gasteiger partial charge in [-0.05, 0) is 134 Å². The molecule has 2 saturated heterocycles. The van der Waals surface area contributed by atoms with Gasteiger partial charge >= 0.3 is 13.1 Å². The van der Waals surface area contributed by atoms with Gasteiger partial charge in [0.05, 0.1) is 23.8 Å². The Balaban J connectivity index is 1.15. The molecule has 16 nitrogen and oxygen atoms in total. The van der Waals surface area contributed by atoms with Crippen molar-refractivity contribution >= 4 is 36.8 Å². The first-order chi connectivity index (χ1) is 28.5. The maximum atomic E-state index is 13.7. The Kier molecular flexibility index (Phi) is 16.4. The van der Waals surface area contributed by atoms with Crippen molar-refractivity contribution in [3.8, 4) is 0 Å². The number of urea groups is 1. The van der Waals surface area contributed by atoms with E-state index < -0.39 is 72.6 Å². The number of piperidine rings is 1. The lowest BCUT2D eigenvalue weighted by Gasteiger charge is -2.64. The molecule has 0 spiro atoms. The molecule has 6 amide bonds. The molecule has 5 fully saturated rings. The molecule has 6 rings (SSSR count). The van der Waals surface area contributed by atoms with E-state index in [1.807, 2.05) is 25.1 Å². The number of hydrogen-bond donors (Lipinski definition) is 8. The average Bonchev–Trinajstić information content (AvgIpc) is 3.59. The molecule has 2 aliphatic heterocycles. The summed E-state index contributed by atoms with van der Waals surface area (Å²) in [5, 5.41) is 24.4. The number of carbonyl (C=O) groups is 5. The maximum Gasteiger partial charge on any atom is 0.481 e. The van der Waals surface area contributed by atoms with E-state index in [-0.39, 0.29) is 24.0 Å². The summed E-state index contributed by atoms with van der Waals surface area (Å²) in [6.07, 6.45) is 5.18. The molecule has 10 atom stereocenters. The monoisotopic (exact) mass is 839 g/mol. The fourth-order valence-corrected chi connectivity index (χ4v) is 9.74. The summed E-state index contributed by atoms with van der Waals surface area (Å²) in [5.41, 5.74) is 12.4. The van der Waals surface area contributed by atoms with Crippen molar-refractivity contribution in [1.29, 1.82) is 0 Å². The third-order valence-electron chi connectivity index (χ3n) is 13.8. The molecule has 0 aromatic heterocycles. The van der Waals surface area contributed by atoms with Crippen LogP contribution >= 0.6 is 0 Å². The summed E-state index contributed by atoms with van der Waals surface area (Å²) in [6, 6.07) is 5.28. The molecule has 1 aromatic carbocycles. The summed E-state index contributed by atoms with van der Waals surface area (Å²) in [5.74, 6) is -1.71. The van der Waals surface area contributed by atoms with Crippen LogP contribution in [0.3, 0.4) is 0 Å². The molecule has 3 aliphatic carbocycles. The highest BCUT2D eigenvalue weighted by Gasteiger charge is 2.68. The van der Waals surface area contributed by atoms with E-state index in [0.29, 0.717) is 76.0 Å². The van der Waals surface area contributed by atoms with Gasteiger partial charge < -0.3 is 57.4 Å². The SMILES string of the molecule is C[C@H](NC(=O)[C@H](CCCCN)NC(=O)[C@H](C)NC(=O)[C@@H](NC(=O)[C@H](CCCCN)NC(=O)N1CCC(c2ccccc2)CC1)[C@@H](C)O)B1O[C@@H]2C[C@@H]3C[C@@H](C3(C)C)[C@]2(C)O1. The number of benzene rings is 1. The predicted octanol–water partition coefficient (Wildman–Crippen LogP) is 1.83. The Morgan fingerprint density at radius 2 is 1.40 bits per heavy atom. The lowest BCUT2D eigenvalue weighted by Crippen LogP contribution is -2.65. The zero-order valence-corrected chi connectivity index (χ0v) is 36.5. The van der Waals surface area contributed by atoms with Crippen molar-refractivity contribution < 1.29 is 38.4 Å². The van der Waals surface area contributed by atoms with E-state index in [4.69, 9.17) is 20.8 Å². The topological polar surface area (TPSA) is 239 Å². The highest BCUT2D eigenvalue weighted by molar-refractivity contribution is 6.47. The fourth-order valence-electron chi connectivity index (χ4n) is 9.74. The quantitative estimate of drug-likeness (QED) is 0.0701. The van der Waals surface area contributed by atoms with E-state index >= 15 is 0 Å². The van der Waals surface area contributed by atoms with Gasteiger partial charge in [-0.3, -0.25) is 19.2 Å². The number of nitrogens with two attached hydrogens (primary N) is 2. The number of nitrogens with one attached hydrogen (secondary N) is 5. The Morgan fingerprint density at radius 1 is 0.800 bits per heavy atom. The van der Waals surface area contributed by atoms with Gasteiger partial charge in [0, 0.05) is 13.1 Å². The lowest BCUT2D eigenvalue weighted by atomic mass is 9.43. The van der Waals surface area contributed by atoms with E-state index in [1.165, 1.54) is 19.4 Å². The number of unbranched alkanes of at least 4 members (excludes halogenated alkanes) is 2. The van der Waals surface area contributed by atoms with E-state index in [1.54, 1.807) is 4.90 Å². The second kappa shape index (κ2) is 20.9. The van der Waals surface area contributed by atoms with Gasteiger partial charge in [0.15, 0.2) is 0 Å². The summed E-state index contributed by atoms with van der Waals surface area (Å²) >= 11 is 0. The summed E-state index contributed by atoms with van der Waals surface area (Å²) in [7, 11) is -0.642. The van der Waals surface area contributed by atoms with Gasteiger partial charge in [-0.25, -0.2) is 4.79 Å². The van der Waals surface area contributed by atoms with Gasteiger partial charge in [-0.2, -0.15) is 0 Å². The molecule has 334 valence electrons. The minimum atomic E-state index is -1.44. The standard InChI is InChI=1S/C43H71BN8O8/c1-26(37(54)49-32(16-10-12-20-45)38(55)48-28(3)44-59-35-25-31-24-34(42(31,4)5)43(35,6)60-44)47-40(57)36(27(2)53)51-39(56)33(17-11-13-21-46)50-41(58)52-22-18-30(19-23-52)29-14-8-7-9-15-29/h7-9,14-15,26-28,30-36,53H,10-13,16-25,45-46H2,1-6H3,(H,47,57)(H,48,55)(H,49,54)(H,50,58)(H,51,56)/t26-,27+,28-,31-,32-,33-,34-,35+,36-,43-/m0/s1. The van der Waals surface area contributed by atoms with Crippen LogP contribution in [-0.2, 0) is 28.5 Å². The normalized spacial score (nSPS) is 26.2. The molecule has 1 aromatic rings. The molecular formula is C43H71BN8O8. The molecule has 5 aliphatic rings. The van der Waals surface area contributed by atoms with Crippen LogP contribution in [0.5, 0.6) is 0 Å². The molecule has 10 N–H and O–H groups in total. The van der Waals surface area contributed by atoms with Crippen molar-refractivity contribution in [3.05, 3.63) is 35.9 Å². The molecule has 3 saturated carbocycles. The molecular weight excluding hydrogens is 767 g/mol. The Hall–Kier alpha value is -3.77. The smallest absolute Gasteiger partial charge is 0.404 e. The highest BCUT2D eigenvalue weighted by atomic mass is 16.7. The summed E-state index contributed by atoms with van der Waals surface area (Å²) < 4.78 is 12.9. The van der Waals surface area contributed by atoms with Gasteiger partial charge in [0.1, 0.15) is 24.2 Å². The molecule has 60 heavy (non-hydrogen) atoms. The van der Waals surface area contributed by atoms with E-state index in [0.717, 1.165) is 25.7 Å². The largest absolute Gasteiger partial charge is 0.481 e. The number of nitrogens with zero attached hydrogens (tertiary/aromatic N) is 1. The van der Waals surface area contributed by atoms with Crippen molar-refractivity contribution in [2.24, 2.45) is 28.7 Å². The van der Waals surface area contributed by atoms with Crippen LogP contribution < -0.4 is 38.1 Å². The second-order valence-electron chi connectivity index (χ2n) is 18.4. The van der Waals surface area contributed by atoms with Gasteiger partial charge in [0.25, 0.3) is 0 Å². The Labute approximate surface area is 356 Å². The van der Waals surface area contributed by atoms with Crippen LogP contribution in [0.25, 0.3) is 0 Å². The number of carbonyl (C=O) groups excluding carboxylic acids is 5. The zero-order chi connectivity index (χ0) is 43.8. The van der Waals surface area contributed by atoms with Crippen molar-refractivity contribution in [2.45, 2.75) is 160 Å². The first kappa shape index (κ1) is 47.3. The van der Waals surface area contributed by atoms with Crippen LogP contribution in [0.15, 0.2) is 30.3 Å². The number of amides is 6. The number of hydrogen-bond acceptors (Lipinski definition) is 10. The highest BCUT2D eigenvalue weighted by Crippen LogP contribution is 2.65. The Morgan fingerprint density at radius 3 is 1.98 bits per heavy atom. The minimum absolute atomic E-state index is 0.0485. The van der Waals surface area contributed by atoms with E-state index in [2.05, 4.69) is 59.5 Å². The minimum Gasteiger partial charge on any atom is -0.404 e. The van der Waals surface area contributed by atoms with Crippen LogP contribution in [-0.4, -0.2) is 121 Å². The molecule has 2 bridgehead atoms. The maximum absolute atomic E-state index is 13.7.